The number of carbonyl (C=O) groups is 2. The fourth-order valence-corrected chi connectivity index (χ4v) is 2.27. The average Bonchev–Trinajstić information content (AvgIpc) is 2.56. The Labute approximate surface area is 141 Å². The maximum Gasteiger partial charge on any atom is 0.244 e. The fourth-order valence-electron chi connectivity index (χ4n) is 2.27. The number of nitriles is 1. The first kappa shape index (κ1) is 17.2. The van der Waals surface area contributed by atoms with Crippen molar-refractivity contribution in [2.45, 2.75) is 20.4 Å². The molecule has 0 atom stereocenters. The van der Waals surface area contributed by atoms with Crippen LogP contribution in [0.15, 0.2) is 48.5 Å². The van der Waals surface area contributed by atoms with Crippen LogP contribution in [0.25, 0.3) is 0 Å². The lowest BCUT2D eigenvalue weighted by atomic mass is 10.1. The van der Waals surface area contributed by atoms with Gasteiger partial charge in [0.05, 0.1) is 11.6 Å². The third-order valence-corrected chi connectivity index (χ3v) is 3.70. The minimum Gasteiger partial charge on any atom is -0.329 e. The van der Waals surface area contributed by atoms with Crippen LogP contribution in [0.1, 0.15) is 23.6 Å². The fraction of sp³-hybridized carbons (Fsp3) is 0.211. The zero-order valence-electron chi connectivity index (χ0n) is 13.7. The molecule has 0 aliphatic heterocycles. The second kappa shape index (κ2) is 7.93. The van der Waals surface area contributed by atoms with E-state index in [0.29, 0.717) is 17.8 Å². The number of hydrogen-bond acceptors (Lipinski definition) is 3. The van der Waals surface area contributed by atoms with E-state index in [2.05, 4.69) is 5.32 Å². The molecule has 0 unspecified atom stereocenters. The van der Waals surface area contributed by atoms with Gasteiger partial charge >= 0.3 is 0 Å². The number of aryl methyl sites for hydroxylation is 1. The molecule has 0 saturated heterocycles. The first-order chi connectivity index (χ1) is 11.5. The second-order valence-corrected chi connectivity index (χ2v) is 5.54. The third kappa shape index (κ3) is 4.68. The summed E-state index contributed by atoms with van der Waals surface area (Å²) in [6.07, 6.45) is 0. The van der Waals surface area contributed by atoms with E-state index in [9.17, 15) is 9.59 Å². The first-order valence-corrected chi connectivity index (χ1v) is 7.59. The van der Waals surface area contributed by atoms with E-state index in [1.54, 1.807) is 24.3 Å². The Hall–Kier alpha value is -3.13. The van der Waals surface area contributed by atoms with Crippen molar-refractivity contribution in [3.8, 4) is 6.07 Å². The molecule has 0 fully saturated rings. The van der Waals surface area contributed by atoms with E-state index in [1.165, 1.54) is 11.8 Å². The number of anilines is 1. The molecule has 0 radical (unpaired) electrons. The van der Waals surface area contributed by atoms with Gasteiger partial charge in [-0.3, -0.25) is 9.59 Å². The van der Waals surface area contributed by atoms with E-state index in [0.717, 1.165) is 11.1 Å². The summed E-state index contributed by atoms with van der Waals surface area (Å²) >= 11 is 0. The van der Waals surface area contributed by atoms with Crippen LogP contribution >= 0.6 is 0 Å². The molecule has 0 aromatic heterocycles. The summed E-state index contributed by atoms with van der Waals surface area (Å²) in [6, 6.07) is 16.4. The van der Waals surface area contributed by atoms with Gasteiger partial charge in [0.2, 0.25) is 11.8 Å². The topological polar surface area (TPSA) is 73.2 Å². The number of carbonyl (C=O) groups excluding carboxylic acids is 2. The van der Waals surface area contributed by atoms with Gasteiger partial charge in [-0.1, -0.05) is 24.3 Å². The summed E-state index contributed by atoms with van der Waals surface area (Å²) < 4.78 is 0. The number of hydrogen-bond donors (Lipinski definition) is 1. The summed E-state index contributed by atoms with van der Waals surface area (Å²) in [7, 11) is 0. The lowest BCUT2D eigenvalue weighted by Crippen LogP contribution is -2.36. The Morgan fingerprint density at radius 1 is 1.12 bits per heavy atom. The highest BCUT2D eigenvalue weighted by Crippen LogP contribution is 2.12. The number of benzene rings is 2. The van der Waals surface area contributed by atoms with Gasteiger partial charge in [0.1, 0.15) is 6.54 Å². The Morgan fingerprint density at radius 2 is 1.79 bits per heavy atom. The summed E-state index contributed by atoms with van der Waals surface area (Å²) in [5.41, 5.74) is 3.21. The molecule has 0 spiro atoms. The van der Waals surface area contributed by atoms with Crippen molar-refractivity contribution < 1.29 is 9.59 Å². The molecule has 1 N–H and O–H groups in total. The van der Waals surface area contributed by atoms with Crippen LogP contribution < -0.4 is 5.32 Å². The maximum atomic E-state index is 12.2. The molecule has 5 heteroatoms. The van der Waals surface area contributed by atoms with Crippen molar-refractivity contribution in [2.75, 3.05) is 11.9 Å². The van der Waals surface area contributed by atoms with Crippen molar-refractivity contribution in [3.05, 3.63) is 65.2 Å². The van der Waals surface area contributed by atoms with Crippen LogP contribution in [0, 0.1) is 18.3 Å². The van der Waals surface area contributed by atoms with Crippen molar-refractivity contribution in [3.63, 3.8) is 0 Å². The molecule has 0 aliphatic rings. The van der Waals surface area contributed by atoms with E-state index >= 15 is 0 Å². The normalized spacial score (nSPS) is 9.88. The van der Waals surface area contributed by atoms with Crippen LogP contribution in [0.2, 0.25) is 0 Å². The van der Waals surface area contributed by atoms with Crippen LogP contribution in [0.4, 0.5) is 5.69 Å². The summed E-state index contributed by atoms with van der Waals surface area (Å²) in [5.74, 6) is -0.434. The number of nitrogens with zero attached hydrogens (tertiary/aromatic N) is 2. The predicted octanol–water partition coefficient (Wildman–Crippen LogP) is 2.85. The molecule has 0 bridgehead atoms. The Kier molecular flexibility index (Phi) is 5.69. The quantitative estimate of drug-likeness (QED) is 0.920. The van der Waals surface area contributed by atoms with Gasteiger partial charge in [0.25, 0.3) is 0 Å². The molecule has 2 amide bonds. The average molecular weight is 321 g/mol. The second-order valence-electron chi connectivity index (χ2n) is 5.54. The van der Waals surface area contributed by atoms with Gasteiger partial charge in [-0.15, -0.1) is 0 Å². The minimum atomic E-state index is -0.275. The summed E-state index contributed by atoms with van der Waals surface area (Å²) in [6.45, 7) is 3.80. The molecule has 0 saturated carbocycles. The van der Waals surface area contributed by atoms with Gasteiger partial charge in [-0.25, -0.2) is 0 Å². The van der Waals surface area contributed by atoms with Crippen molar-refractivity contribution in [1.29, 1.82) is 5.26 Å². The maximum absolute atomic E-state index is 12.2. The van der Waals surface area contributed by atoms with Crippen LogP contribution in [0.3, 0.4) is 0 Å². The molecular formula is C19H19N3O2. The van der Waals surface area contributed by atoms with Gasteiger partial charge in [0, 0.05) is 19.2 Å². The van der Waals surface area contributed by atoms with Gasteiger partial charge in [0.15, 0.2) is 0 Å². The Bertz CT molecular complexity index is 776. The highest BCUT2D eigenvalue weighted by Gasteiger charge is 2.15. The SMILES string of the molecule is CC(=O)N(CC(=O)Nc1ccc(C#N)cc1)Cc1ccccc1C. The monoisotopic (exact) mass is 321 g/mol. The standard InChI is InChI=1S/C19H19N3O2/c1-14-5-3-4-6-17(14)12-22(15(2)23)13-19(24)21-18-9-7-16(11-20)8-10-18/h3-10H,12-13H2,1-2H3,(H,21,24). The minimum absolute atomic E-state index is 0.0241. The molecule has 24 heavy (non-hydrogen) atoms. The molecular weight excluding hydrogens is 302 g/mol. The molecule has 2 aromatic rings. The Balaban J connectivity index is 2.01. The van der Waals surface area contributed by atoms with Crippen LogP contribution in [-0.4, -0.2) is 23.3 Å². The lowest BCUT2D eigenvalue weighted by molar-refractivity contribution is -0.133. The summed E-state index contributed by atoms with van der Waals surface area (Å²) in [4.78, 5) is 25.5. The molecule has 2 aromatic carbocycles. The zero-order chi connectivity index (χ0) is 17.5. The van der Waals surface area contributed by atoms with E-state index < -0.39 is 0 Å². The van der Waals surface area contributed by atoms with Gasteiger partial charge in [-0.2, -0.15) is 5.26 Å². The molecule has 5 nitrogen and oxygen atoms in total. The Morgan fingerprint density at radius 3 is 2.38 bits per heavy atom. The molecule has 0 aliphatic carbocycles. The number of amides is 2. The summed E-state index contributed by atoms with van der Waals surface area (Å²) in [5, 5.41) is 11.5. The van der Waals surface area contributed by atoms with Gasteiger partial charge in [-0.05, 0) is 42.3 Å². The van der Waals surface area contributed by atoms with Crippen molar-refractivity contribution in [1.82, 2.24) is 4.90 Å². The number of nitrogens with one attached hydrogen (secondary N) is 1. The number of rotatable bonds is 5. The van der Waals surface area contributed by atoms with Crippen LogP contribution in [0.5, 0.6) is 0 Å². The highest BCUT2D eigenvalue weighted by molar-refractivity contribution is 5.94. The predicted molar refractivity (Wildman–Crippen MR) is 92.1 cm³/mol. The lowest BCUT2D eigenvalue weighted by Gasteiger charge is -2.21. The molecule has 122 valence electrons. The molecule has 2 rings (SSSR count). The van der Waals surface area contributed by atoms with Crippen molar-refractivity contribution >= 4 is 17.5 Å². The van der Waals surface area contributed by atoms with Crippen molar-refractivity contribution in [2.24, 2.45) is 0 Å². The van der Waals surface area contributed by atoms with E-state index in [-0.39, 0.29) is 18.4 Å². The first-order valence-electron chi connectivity index (χ1n) is 7.59. The zero-order valence-corrected chi connectivity index (χ0v) is 13.7. The smallest absolute Gasteiger partial charge is 0.244 e. The largest absolute Gasteiger partial charge is 0.329 e. The third-order valence-electron chi connectivity index (χ3n) is 3.70. The molecule has 0 heterocycles. The van der Waals surface area contributed by atoms with E-state index in [4.69, 9.17) is 5.26 Å². The van der Waals surface area contributed by atoms with E-state index in [1.807, 2.05) is 37.3 Å². The van der Waals surface area contributed by atoms with Gasteiger partial charge < -0.3 is 10.2 Å². The highest BCUT2D eigenvalue weighted by atomic mass is 16.2. The van der Waals surface area contributed by atoms with Crippen LogP contribution in [-0.2, 0) is 16.1 Å².